The van der Waals surface area contributed by atoms with Gasteiger partial charge in [-0.05, 0) is 41.6 Å². The van der Waals surface area contributed by atoms with Crippen LogP contribution in [0.2, 0.25) is 0 Å². The molecule has 0 fully saturated rings. The molecule has 0 unspecified atom stereocenters. The van der Waals surface area contributed by atoms with Gasteiger partial charge in [0.1, 0.15) is 0 Å². The summed E-state index contributed by atoms with van der Waals surface area (Å²) in [4.78, 5) is 0. The number of aryl methyl sites for hydroxylation is 2. The van der Waals surface area contributed by atoms with Crippen molar-refractivity contribution in [2.24, 2.45) is 11.8 Å². The number of hydrogen-bond donors (Lipinski definition) is 1. The maximum Gasteiger partial charge on any atom is 0.0748 e. The Morgan fingerprint density at radius 3 is 2.17 bits per heavy atom. The number of hydrogen-bond acceptors (Lipinski definition) is 2. The zero-order valence-electron chi connectivity index (χ0n) is 12.3. The monoisotopic (exact) mass is 316 g/mol. The fraction of sp³-hybridized carbons (Fsp3) is 0.786. The van der Waals surface area contributed by atoms with Crippen molar-refractivity contribution in [2.75, 3.05) is 0 Å². The molecule has 18 heavy (non-hydrogen) atoms. The molecule has 1 aromatic rings. The van der Waals surface area contributed by atoms with Gasteiger partial charge in [-0.1, -0.05) is 27.7 Å². The van der Waals surface area contributed by atoms with Crippen molar-refractivity contribution in [3.8, 4) is 0 Å². The van der Waals surface area contributed by atoms with Gasteiger partial charge in [-0.2, -0.15) is 5.10 Å². The van der Waals surface area contributed by atoms with Crippen LogP contribution in [0.25, 0.3) is 0 Å². The van der Waals surface area contributed by atoms with Gasteiger partial charge in [0.05, 0.1) is 21.5 Å². The van der Waals surface area contributed by atoms with Crippen molar-refractivity contribution >= 4 is 15.9 Å². The molecular weight excluding hydrogens is 292 g/mol. The number of halogens is 1. The van der Waals surface area contributed by atoms with Crippen LogP contribution in [-0.4, -0.2) is 20.5 Å². The van der Waals surface area contributed by atoms with Gasteiger partial charge in [0.2, 0.25) is 0 Å². The summed E-state index contributed by atoms with van der Waals surface area (Å²) in [6.07, 6.45) is 0.637. The molecule has 0 aliphatic carbocycles. The molecule has 0 aliphatic heterocycles. The molecule has 104 valence electrons. The molecule has 1 N–H and O–H groups in total. The summed E-state index contributed by atoms with van der Waals surface area (Å²) < 4.78 is 3.01. The molecule has 0 atom stereocenters. The van der Waals surface area contributed by atoms with Crippen LogP contribution in [0.4, 0.5) is 0 Å². The van der Waals surface area contributed by atoms with E-state index in [1.807, 2.05) is 11.6 Å². The number of aromatic nitrogens is 2. The normalized spacial score (nSPS) is 12.8. The summed E-state index contributed by atoms with van der Waals surface area (Å²) >= 11 is 3.60. The van der Waals surface area contributed by atoms with Crippen LogP contribution in [0.3, 0.4) is 0 Å². The van der Waals surface area contributed by atoms with Gasteiger partial charge in [0.25, 0.3) is 0 Å². The predicted molar refractivity (Wildman–Crippen MR) is 78.7 cm³/mol. The standard InChI is InChI=1S/C14H25BrN2O/c1-7-17-12(13(15)11(6)16-17)8-14(18,9(2)3)10(4)5/h9-10,18H,7-8H2,1-6H3. The predicted octanol–water partition coefficient (Wildman–Crippen LogP) is 3.56. The molecule has 1 aromatic heterocycles. The second kappa shape index (κ2) is 5.74. The van der Waals surface area contributed by atoms with Crippen LogP contribution >= 0.6 is 15.9 Å². The summed E-state index contributed by atoms with van der Waals surface area (Å²) in [5, 5.41) is 15.4. The van der Waals surface area contributed by atoms with Crippen molar-refractivity contribution < 1.29 is 5.11 Å². The Labute approximate surface area is 119 Å². The Hall–Kier alpha value is -0.350. The third-order valence-corrected chi connectivity index (χ3v) is 4.93. The van der Waals surface area contributed by atoms with Crippen molar-refractivity contribution in [1.29, 1.82) is 0 Å². The van der Waals surface area contributed by atoms with Crippen LogP contribution in [-0.2, 0) is 13.0 Å². The lowest BCUT2D eigenvalue weighted by molar-refractivity contribution is -0.0478. The molecule has 1 rings (SSSR count). The highest BCUT2D eigenvalue weighted by Gasteiger charge is 2.36. The smallest absolute Gasteiger partial charge is 0.0748 e. The van der Waals surface area contributed by atoms with Crippen LogP contribution in [0, 0.1) is 18.8 Å². The Morgan fingerprint density at radius 1 is 1.28 bits per heavy atom. The largest absolute Gasteiger partial charge is 0.389 e. The Balaban J connectivity index is 3.16. The molecule has 0 aromatic carbocycles. The molecule has 3 nitrogen and oxygen atoms in total. The average Bonchev–Trinajstić information content (AvgIpc) is 2.55. The molecular formula is C14H25BrN2O. The van der Waals surface area contributed by atoms with Crippen molar-refractivity contribution in [1.82, 2.24) is 9.78 Å². The van der Waals surface area contributed by atoms with Gasteiger partial charge in [0, 0.05) is 13.0 Å². The molecule has 0 spiro atoms. The fourth-order valence-electron chi connectivity index (χ4n) is 2.38. The average molecular weight is 317 g/mol. The summed E-state index contributed by atoms with van der Waals surface area (Å²) in [6, 6.07) is 0. The Morgan fingerprint density at radius 2 is 1.78 bits per heavy atom. The van der Waals surface area contributed by atoms with Crippen LogP contribution in [0.1, 0.15) is 46.0 Å². The molecule has 0 saturated carbocycles. The highest BCUT2D eigenvalue weighted by atomic mass is 79.9. The maximum atomic E-state index is 10.9. The van der Waals surface area contributed by atoms with E-state index in [0.29, 0.717) is 6.42 Å². The van der Waals surface area contributed by atoms with Gasteiger partial charge in [-0.3, -0.25) is 4.68 Å². The first kappa shape index (κ1) is 15.7. The minimum absolute atomic E-state index is 0.213. The second-order valence-electron chi connectivity index (χ2n) is 5.64. The van der Waals surface area contributed by atoms with Crippen molar-refractivity contribution in [3.05, 3.63) is 15.9 Å². The highest BCUT2D eigenvalue weighted by Crippen LogP contribution is 2.33. The summed E-state index contributed by atoms with van der Waals surface area (Å²) in [6.45, 7) is 13.2. The number of nitrogens with zero attached hydrogens (tertiary/aromatic N) is 2. The highest BCUT2D eigenvalue weighted by molar-refractivity contribution is 9.10. The number of rotatable bonds is 5. The minimum atomic E-state index is -0.693. The van der Waals surface area contributed by atoms with Crippen LogP contribution in [0.5, 0.6) is 0 Å². The summed E-state index contributed by atoms with van der Waals surface area (Å²) in [5.41, 5.74) is 1.39. The van der Waals surface area contributed by atoms with Gasteiger partial charge >= 0.3 is 0 Å². The molecule has 0 amide bonds. The lowest BCUT2D eigenvalue weighted by atomic mass is 9.77. The first-order valence-electron chi connectivity index (χ1n) is 6.68. The van der Waals surface area contributed by atoms with Crippen molar-refractivity contribution in [2.45, 2.75) is 60.1 Å². The van der Waals surface area contributed by atoms with E-state index in [1.165, 1.54) is 0 Å². The van der Waals surface area contributed by atoms with E-state index in [2.05, 4.69) is 55.6 Å². The Bertz CT molecular complexity index is 402. The van der Waals surface area contributed by atoms with E-state index in [9.17, 15) is 5.11 Å². The quantitative estimate of drug-likeness (QED) is 0.902. The first-order chi connectivity index (χ1) is 8.24. The molecule has 0 aliphatic rings. The molecule has 4 heteroatoms. The van der Waals surface area contributed by atoms with Gasteiger partial charge in [-0.15, -0.1) is 0 Å². The van der Waals surface area contributed by atoms with E-state index in [0.717, 1.165) is 22.4 Å². The maximum absolute atomic E-state index is 10.9. The van der Waals surface area contributed by atoms with Gasteiger partial charge < -0.3 is 5.11 Å². The summed E-state index contributed by atoms with van der Waals surface area (Å²) in [7, 11) is 0. The zero-order valence-corrected chi connectivity index (χ0v) is 13.9. The van der Waals surface area contributed by atoms with Gasteiger partial charge in [0.15, 0.2) is 0 Å². The Kier molecular flexibility index (Phi) is 5.01. The van der Waals surface area contributed by atoms with Crippen LogP contribution in [0.15, 0.2) is 4.47 Å². The number of aliphatic hydroxyl groups is 1. The molecule has 0 saturated heterocycles. The molecule has 0 bridgehead atoms. The van der Waals surface area contributed by atoms with Crippen LogP contribution < -0.4 is 0 Å². The van der Waals surface area contributed by atoms with E-state index in [-0.39, 0.29) is 11.8 Å². The lowest BCUT2D eigenvalue weighted by Gasteiger charge is -2.36. The first-order valence-corrected chi connectivity index (χ1v) is 7.47. The fourth-order valence-corrected chi connectivity index (χ4v) is 2.81. The molecule has 0 radical (unpaired) electrons. The van der Waals surface area contributed by atoms with E-state index >= 15 is 0 Å². The second-order valence-corrected chi connectivity index (χ2v) is 6.43. The lowest BCUT2D eigenvalue weighted by Crippen LogP contribution is -2.43. The third kappa shape index (κ3) is 2.80. The topological polar surface area (TPSA) is 38.0 Å². The van der Waals surface area contributed by atoms with Crippen molar-refractivity contribution in [3.63, 3.8) is 0 Å². The minimum Gasteiger partial charge on any atom is -0.389 e. The zero-order chi connectivity index (χ0) is 14.1. The third-order valence-electron chi connectivity index (χ3n) is 3.90. The molecule has 1 heterocycles. The van der Waals surface area contributed by atoms with Gasteiger partial charge in [-0.25, -0.2) is 0 Å². The SMILES string of the molecule is CCn1nc(C)c(Br)c1CC(O)(C(C)C)C(C)C. The summed E-state index contributed by atoms with van der Waals surface area (Å²) in [5.74, 6) is 0.426. The van der Waals surface area contributed by atoms with E-state index in [1.54, 1.807) is 0 Å². The van der Waals surface area contributed by atoms with E-state index in [4.69, 9.17) is 0 Å². The van der Waals surface area contributed by atoms with E-state index < -0.39 is 5.60 Å².